The van der Waals surface area contributed by atoms with Crippen LogP contribution in [-0.4, -0.2) is 31.7 Å². The van der Waals surface area contributed by atoms with Gasteiger partial charge in [-0.3, -0.25) is 4.79 Å². The Labute approximate surface area is 157 Å². The van der Waals surface area contributed by atoms with E-state index in [1.165, 1.54) is 37.3 Å². The Balaban J connectivity index is 2.45. The molecule has 8 heteroatoms. The van der Waals surface area contributed by atoms with Gasteiger partial charge < -0.3 is 10.4 Å². The van der Waals surface area contributed by atoms with Gasteiger partial charge in [0.05, 0.1) is 4.90 Å². The van der Waals surface area contributed by atoms with Crippen LogP contribution in [0.4, 0.5) is 4.39 Å². The van der Waals surface area contributed by atoms with Crippen LogP contribution in [0.1, 0.15) is 35.3 Å². The molecule has 0 fully saturated rings. The van der Waals surface area contributed by atoms with E-state index in [1.54, 1.807) is 6.92 Å². The van der Waals surface area contributed by atoms with Gasteiger partial charge in [0.1, 0.15) is 5.82 Å². The lowest BCUT2D eigenvalue weighted by atomic mass is 9.91. The number of amides is 1. The maximum atomic E-state index is 13.1. The summed E-state index contributed by atoms with van der Waals surface area (Å²) in [5.41, 5.74) is -1.06. The summed E-state index contributed by atoms with van der Waals surface area (Å²) in [7, 11) is -3.56. The molecule has 0 bridgehead atoms. The number of aliphatic carboxylic acids is 1. The summed E-state index contributed by atoms with van der Waals surface area (Å²) in [4.78, 5) is 24.5. The number of rotatable bonds is 6. The maximum absolute atomic E-state index is 13.1. The Morgan fingerprint density at radius 2 is 1.74 bits per heavy atom. The molecule has 0 heterocycles. The number of carbonyl (C=O) groups excluding carboxylic acids is 1. The van der Waals surface area contributed by atoms with Crippen molar-refractivity contribution < 1.29 is 27.5 Å². The van der Waals surface area contributed by atoms with Gasteiger partial charge in [-0.05, 0) is 48.7 Å². The Bertz CT molecular complexity index is 986. The van der Waals surface area contributed by atoms with Crippen molar-refractivity contribution in [2.75, 3.05) is 6.26 Å². The van der Waals surface area contributed by atoms with Gasteiger partial charge in [-0.1, -0.05) is 25.1 Å². The highest BCUT2D eigenvalue weighted by atomic mass is 32.2. The minimum Gasteiger partial charge on any atom is -0.479 e. The highest BCUT2D eigenvalue weighted by Crippen LogP contribution is 2.24. The van der Waals surface area contributed by atoms with Gasteiger partial charge in [0.15, 0.2) is 15.4 Å². The molecule has 144 valence electrons. The van der Waals surface area contributed by atoms with E-state index >= 15 is 0 Å². The Kier molecular flexibility index (Phi) is 5.70. The van der Waals surface area contributed by atoms with Crippen LogP contribution >= 0.6 is 0 Å². The number of carboxylic acid groups (broad SMARTS) is 1. The molecular weight excluding hydrogens is 373 g/mol. The molecule has 0 aromatic heterocycles. The summed E-state index contributed by atoms with van der Waals surface area (Å²) in [6.45, 7) is 3.07. The molecule has 2 aromatic carbocycles. The first kappa shape index (κ1) is 20.6. The smallest absolute Gasteiger partial charge is 0.333 e. The highest BCUT2D eigenvalue weighted by molar-refractivity contribution is 7.90. The van der Waals surface area contributed by atoms with Crippen LogP contribution < -0.4 is 5.32 Å². The Morgan fingerprint density at radius 3 is 2.22 bits per heavy atom. The zero-order chi connectivity index (χ0) is 20.4. The van der Waals surface area contributed by atoms with Gasteiger partial charge in [0.2, 0.25) is 0 Å². The fourth-order valence-electron chi connectivity index (χ4n) is 2.66. The summed E-state index contributed by atoms with van der Waals surface area (Å²) in [5.74, 6) is -2.63. The maximum Gasteiger partial charge on any atom is 0.333 e. The zero-order valence-corrected chi connectivity index (χ0v) is 15.9. The third-order valence-electron chi connectivity index (χ3n) is 4.32. The van der Waals surface area contributed by atoms with Crippen molar-refractivity contribution in [1.82, 2.24) is 5.32 Å². The first-order valence-corrected chi connectivity index (χ1v) is 10.0. The van der Waals surface area contributed by atoms with Crippen LogP contribution in [0.25, 0.3) is 0 Å². The molecule has 2 aromatic rings. The van der Waals surface area contributed by atoms with Crippen LogP contribution in [0.5, 0.6) is 0 Å². The Morgan fingerprint density at radius 1 is 1.15 bits per heavy atom. The van der Waals surface area contributed by atoms with Gasteiger partial charge >= 0.3 is 5.97 Å². The second-order valence-corrected chi connectivity index (χ2v) is 8.32. The molecule has 0 saturated carbocycles. The zero-order valence-electron chi connectivity index (χ0n) is 15.1. The number of hydrogen-bond acceptors (Lipinski definition) is 4. The van der Waals surface area contributed by atoms with Crippen LogP contribution in [0.2, 0.25) is 0 Å². The number of carbonyl (C=O) groups is 2. The average molecular weight is 393 g/mol. The van der Waals surface area contributed by atoms with Crippen molar-refractivity contribution in [3.8, 4) is 0 Å². The number of carboxylic acids is 1. The molecule has 0 radical (unpaired) electrons. The van der Waals surface area contributed by atoms with Crippen molar-refractivity contribution in [2.24, 2.45) is 0 Å². The summed E-state index contributed by atoms with van der Waals surface area (Å²) in [6.07, 6.45) is 1.51. The van der Waals surface area contributed by atoms with E-state index in [9.17, 15) is 27.5 Å². The predicted molar refractivity (Wildman–Crippen MR) is 97.8 cm³/mol. The lowest BCUT2D eigenvalue weighted by Gasteiger charge is -2.27. The minimum atomic E-state index is -3.56. The molecule has 0 aliphatic heterocycles. The largest absolute Gasteiger partial charge is 0.479 e. The van der Waals surface area contributed by atoms with Crippen LogP contribution in [0, 0.1) is 5.82 Å². The number of hydrogen-bond donors (Lipinski definition) is 2. The van der Waals surface area contributed by atoms with Gasteiger partial charge in [0.25, 0.3) is 5.91 Å². The fourth-order valence-corrected chi connectivity index (χ4v) is 3.69. The molecule has 6 nitrogen and oxygen atoms in total. The van der Waals surface area contributed by atoms with Crippen LogP contribution in [0.15, 0.2) is 47.4 Å². The van der Waals surface area contributed by atoms with E-state index < -0.39 is 33.1 Å². The van der Waals surface area contributed by atoms with Crippen molar-refractivity contribution in [2.45, 2.75) is 30.7 Å². The molecule has 27 heavy (non-hydrogen) atoms. The number of halogens is 1. The standard InChI is InChI=1S/C19H20FNO5S/c1-4-12-5-6-13(11-16(12)27(3,25)26)17(22)21-19(2,18(23)24)14-7-9-15(20)10-8-14/h5-11H,4H2,1-3H3,(H,21,22)(H,23,24). The van der Waals surface area contributed by atoms with E-state index in [2.05, 4.69) is 5.32 Å². The monoisotopic (exact) mass is 393 g/mol. The van der Waals surface area contributed by atoms with E-state index in [-0.39, 0.29) is 16.0 Å². The third kappa shape index (κ3) is 4.33. The van der Waals surface area contributed by atoms with Crippen molar-refractivity contribution >= 4 is 21.7 Å². The van der Waals surface area contributed by atoms with E-state index in [0.29, 0.717) is 12.0 Å². The number of nitrogens with one attached hydrogen (secondary N) is 1. The van der Waals surface area contributed by atoms with Gasteiger partial charge in [-0.2, -0.15) is 0 Å². The van der Waals surface area contributed by atoms with Crippen LogP contribution in [0.3, 0.4) is 0 Å². The lowest BCUT2D eigenvalue weighted by Crippen LogP contribution is -2.49. The second kappa shape index (κ2) is 7.48. The number of aryl methyl sites for hydroxylation is 1. The number of benzene rings is 2. The molecule has 2 rings (SSSR count). The molecule has 1 amide bonds. The third-order valence-corrected chi connectivity index (χ3v) is 5.50. The van der Waals surface area contributed by atoms with E-state index in [4.69, 9.17) is 0 Å². The second-order valence-electron chi connectivity index (χ2n) is 6.34. The molecule has 0 saturated heterocycles. The van der Waals surface area contributed by atoms with Crippen molar-refractivity contribution in [3.05, 3.63) is 65.0 Å². The minimum absolute atomic E-state index is 0.0159. The molecule has 0 aliphatic carbocycles. The van der Waals surface area contributed by atoms with Gasteiger partial charge in [0, 0.05) is 11.8 Å². The molecule has 2 N–H and O–H groups in total. The van der Waals surface area contributed by atoms with E-state index in [0.717, 1.165) is 18.4 Å². The predicted octanol–water partition coefficient (Wildman–Crippen LogP) is 2.52. The topological polar surface area (TPSA) is 101 Å². The summed E-state index contributed by atoms with van der Waals surface area (Å²) in [6, 6.07) is 8.94. The summed E-state index contributed by atoms with van der Waals surface area (Å²) in [5, 5.41) is 12.0. The first-order chi connectivity index (χ1) is 12.5. The SMILES string of the molecule is CCc1ccc(C(=O)NC(C)(C(=O)O)c2ccc(F)cc2)cc1S(C)(=O)=O. The van der Waals surface area contributed by atoms with Gasteiger partial charge in [-0.15, -0.1) is 0 Å². The van der Waals surface area contributed by atoms with E-state index in [1.807, 2.05) is 0 Å². The molecule has 0 aliphatic rings. The highest BCUT2D eigenvalue weighted by Gasteiger charge is 2.37. The molecule has 1 atom stereocenters. The average Bonchev–Trinajstić information content (AvgIpc) is 2.60. The van der Waals surface area contributed by atoms with Crippen LogP contribution in [-0.2, 0) is 26.6 Å². The molecule has 1 unspecified atom stereocenters. The molecule has 0 spiro atoms. The Hall–Kier alpha value is -2.74. The van der Waals surface area contributed by atoms with Gasteiger partial charge in [-0.25, -0.2) is 17.6 Å². The van der Waals surface area contributed by atoms with Crippen molar-refractivity contribution in [3.63, 3.8) is 0 Å². The fraction of sp³-hybridized carbons (Fsp3) is 0.263. The molecular formula is C19H20FNO5S. The summed E-state index contributed by atoms with van der Waals surface area (Å²) >= 11 is 0. The lowest BCUT2D eigenvalue weighted by molar-refractivity contribution is -0.144. The summed E-state index contributed by atoms with van der Waals surface area (Å²) < 4.78 is 37.1. The normalized spacial score (nSPS) is 13.6. The first-order valence-electron chi connectivity index (χ1n) is 8.14. The quantitative estimate of drug-likeness (QED) is 0.785. The number of sulfone groups is 1. The van der Waals surface area contributed by atoms with Crippen molar-refractivity contribution in [1.29, 1.82) is 0 Å².